The van der Waals surface area contributed by atoms with Crippen LogP contribution in [0.4, 0.5) is 8.78 Å². The molecule has 0 aliphatic heterocycles. The summed E-state index contributed by atoms with van der Waals surface area (Å²) in [6, 6.07) is 1.51. The Hall–Kier alpha value is -1.46. The molecule has 6 heteroatoms. The van der Waals surface area contributed by atoms with Crippen LogP contribution in [0.25, 0.3) is 0 Å². The molecule has 94 valence electrons. The molecule has 1 fully saturated rings. The van der Waals surface area contributed by atoms with Crippen LogP contribution < -0.4 is 0 Å². The Kier molecular flexibility index (Phi) is 2.67. The second kappa shape index (κ2) is 3.78. The normalized spacial score (nSPS) is 22.3. The summed E-state index contributed by atoms with van der Waals surface area (Å²) in [6.45, 7) is 1.64. The van der Waals surface area contributed by atoms with Crippen LogP contribution in [-0.2, 0) is 10.2 Å². The van der Waals surface area contributed by atoms with E-state index in [1.54, 1.807) is 6.92 Å². The third-order valence-corrected chi connectivity index (χ3v) is 3.36. The molecule has 1 aliphatic carbocycles. The lowest BCUT2D eigenvalue weighted by Gasteiger charge is -2.34. The molecule has 1 aromatic rings. The van der Waals surface area contributed by atoms with Crippen molar-refractivity contribution in [3.63, 3.8) is 0 Å². The van der Waals surface area contributed by atoms with E-state index in [-0.39, 0.29) is 18.5 Å². The minimum atomic E-state index is -2.77. The zero-order chi connectivity index (χ0) is 12.7. The fourth-order valence-electron chi connectivity index (χ4n) is 2.21. The zero-order valence-corrected chi connectivity index (χ0v) is 9.37. The Morgan fingerprint density at radius 2 is 2.00 bits per heavy atom. The minimum absolute atomic E-state index is 0.110. The van der Waals surface area contributed by atoms with E-state index in [4.69, 9.17) is 4.52 Å². The molecule has 1 aliphatic rings. The summed E-state index contributed by atoms with van der Waals surface area (Å²) in [4.78, 5) is 11.4. The van der Waals surface area contributed by atoms with Crippen LogP contribution in [0, 0.1) is 6.92 Å². The van der Waals surface area contributed by atoms with Gasteiger partial charge in [0.15, 0.2) is 0 Å². The summed E-state index contributed by atoms with van der Waals surface area (Å²) in [5.41, 5.74) is -1.07. The smallest absolute Gasteiger partial charge is 0.315 e. The van der Waals surface area contributed by atoms with E-state index in [1.807, 2.05) is 0 Å². The molecule has 0 saturated heterocycles. The molecule has 1 aromatic heterocycles. The number of carboxylic acid groups (broad SMARTS) is 1. The van der Waals surface area contributed by atoms with Gasteiger partial charge >= 0.3 is 5.97 Å². The lowest BCUT2D eigenvalue weighted by atomic mass is 9.70. The summed E-state index contributed by atoms with van der Waals surface area (Å²) < 4.78 is 31.0. The van der Waals surface area contributed by atoms with Gasteiger partial charge in [0.2, 0.25) is 5.92 Å². The highest BCUT2D eigenvalue weighted by Crippen LogP contribution is 2.45. The molecule has 0 amide bonds. The van der Waals surface area contributed by atoms with Gasteiger partial charge in [-0.15, -0.1) is 0 Å². The average Bonchev–Trinajstić information content (AvgIpc) is 2.65. The highest BCUT2D eigenvalue weighted by Gasteiger charge is 2.50. The van der Waals surface area contributed by atoms with Gasteiger partial charge in [-0.25, -0.2) is 8.78 Å². The third-order valence-electron chi connectivity index (χ3n) is 3.36. The lowest BCUT2D eigenvalue weighted by Crippen LogP contribution is -2.43. The number of carboxylic acids is 1. The van der Waals surface area contributed by atoms with E-state index in [2.05, 4.69) is 5.16 Å². The first-order chi connectivity index (χ1) is 7.86. The number of hydrogen-bond donors (Lipinski definition) is 1. The maximum Gasteiger partial charge on any atom is 0.315 e. The molecule has 2 rings (SSSR count). The van der Waals surface area contributed by atoms with Gasteiger partial charge in [0, 0.05) is 18.9 Å². The van der Waals surface area contributed by atoms with Crippen LogP contribution >= 0.6 is 0 Å². The van der Waals surface area contributed by atoms with Crippen molar-refractivity contribution >= 4 is 5.97 Å². The van der Waals surface area contributed by atoms with E-state index in [0.717, 1.165) is 0 Å². The van der Waals surface area contributed by atoms with Crippen LogP contribution in [0.1, 0.15) is 37.1 Å². The predicted molar refractivity (Wildman–Crippen MR) is 54.0 cm³/mol. The Bertz CT molecular complexity index is 432. The van der Waals surface area contributed by atoms with E-state index >= 15 is 0 Å². The quantitative estimate of drug-likeness (QED) is 0.869. The number of aliphatic carboxylic acids is 1. The summed E-state index contributed by atoms with van der Waals surface area (Å²) in [6.07, 6.45) is -1.07. The molecular weight excluding hydrogens is 232 g/mol. The summed E-state index contributed by atoms with van der Waals surface area (Å²) >= 11 is 0. The number of aryl methyl sites for hydroxylation is 1. The second-order valence-corrected chi connectivity index (χ2v) is 4.57. The van der Waals surface area contributed by atoms with Gasteiger partial charge in [-0.3, -0.25) is 4.79 Å². The molecule has 0 atom stereocenters. The summed E-state index contributed by atoms with van der Waals surface area (Å²) in [5, 5.41) is 13.0. The lowest BCUT2D eigenvalue weighted by molar-refractivity contribution is -0.149. The third kappa shape index (κ3) is 2.03. The number of halogens is 2. The Labute approximate surface area is 96.6 Å². The van der Waals surface area contributed by atoms with Crippen molar-refractivity contribution in [1.29, 1.82) is 0 Å². The second-order valence-electron chi connectivity index (χ2n) is 4.57. The average molecular weight is 245 g/mol. The fourth-order valence-corrected chi connectivity index (χ4v) is 2.21. The maximum atomic E-state index is 13.1. The van der Waals surface area contributed by atoms with Gasteiger partial charge in [-0.2, -0.15) is 0 Å². The molecule has 0 radical (unpaired) electrons. The highest BCUT2D eigenvalue weighted by atomic mass is 19.3. The molecule has 1 saturated carbocycles. The zero-order valence-electron chi connectivity index (χ0n) is 9.37. The molecule has 4 nitrogen and oxygen atoms in total. The van der Waals surface area contributed by atoms with Gasteiger partial charge < -0.3 is 9.63 Å². The van der Waals surface area contributed by atoms with Crippen LogP contribution in [0.5, 0.6) is 0 Å². The Morgan fingerprint density at radius 1 is 1.41 bits per heavy atom. The van der Waals surface area contributed by atoms with Crippen LogP contribution in [-0.4, -0.2) is 22.2 Å². The van der Waals surface area contributed by atoms with Gasteiger partial charge in [0.1, 0.15) is 16.9 Å². The molecule has 17 heavy (non-hydrogen) atoms. The van der Waals surface area contributed by atoms with Crippen LogP contribution in [0.15, 0.2) is 10.6 Å². The Morgan fingerprint density at radius 3 is 2.41 bits per heavy atom. The first-order valence-corrected chi connectivity index (χ1v) is 5.41. The number of carbonyl (C=O) groups is 1. The largest absolute Gasteiger partial charge is 0.481 e. The van der Waals surface area contributed by atoms with Crippen LogP contribution in [0.2, 0.25) is 0 Å². The molecule has 1 N–H and O–H groups in total. The van der Waals surface area contributed by atoms with Crippen molar-refractivity contribution in [1.82, 2.24) is 5.16 Å². The summed E-state index contributed by atoms with van der Waals surface area (Å²) in [5.74, 6) is -3.39. The molecule has 0 spiro atoms. The van der Waals surface area contributed by atoms with Crippen molar-refractivity contribution in [3.8, 4) is 0 Å². The topological polar surface area (TPSA) is 63.3 Å². The molecule has 0 bridgehead atoms. The van der Waals surface area contributed by atoms with E-state index < -0.39 is 30.1 Å². The van der Waals surface area contributed by atoms with Crippen molar-refractivity contribution < 1.29 is 23.2 Å². The van der Waals surface area contributed by atoms with E-state index in [0.29, 0.717) is 5.76 Å². The maximum absolute atomic E-state index is 13.1. The van der Waals surface area contributed by atoms with E-state index in [9.17, 15) is 18.7 Å². The molecule has 1 heterocycles. The number of aromatic nitrogens is 1. The van der Waals surface area contributed by atoms with Gasteiger partial charge in [-0.1, -0.05) is 5.16 Å². The fraction of sp³-hybridized carbons (Fsp3) is 0.636. The standard InChI is InChI=1S/C11H13F2NO3/c1-7-6-8(14-17-7)10(9(15)16)2-4-11(12,13)5-3-10/h6H,2-5H2,1H3,(H,15,16). The first kappa shape index (κ1) is 12.0. The minimum Gasteiger partial charge on any atom is -0.481 e. The van der Waals surface area contributed by atoms with Crippen molar-refractivity contribution in [2.24, 2.45) is 0 Å². The number of alkyl halides is 2. The van der Waals surface area contributed by atoms with Crippen molar-refractivity contribution in [2.45, 2.75) is 43.9 Å². The molecular formula is C11H13F2NO3. The molecule has 0 aromatic carbocycles. The van der Waals surface area contributed by atoms with Crippen molar-refractivity contribution in [2.75, 3.05) is 0 Å². The monoisotopic (exact) mass is 245 g/mol. The van der Waals surface area contributed by atoms with Crippen molar-refractivity contribution in [3.05, 3.63) is 17.5 Å². The SMILES string of the molecule is Cc1cc(C2(C(=O)O)CCC(F)(F)CC2)no1. The van der Waals surface area contributed by atoms with Gasteiger partial charge in [-0.05, 0) is 19.8 Å². The number of rotatable bonds is 2. The number of nitrogens with zero attached hydrogens (tertiary/aromatic N) is 1. The van der Waals surface area contributed by atoms with Crippen LogP contribution in [0.3, 0.4) is 0 Å². The van der Waals surface area contributed by atoms with E-state index in [1.165, 1.54) is 6.07 Å². The van der Waals surface area contributed by atoms with Gasteiger partial charge in [0.25, 0.3) is 0 Å². The predicted octanol–water partition coefficient (Wildman–Crippen LogP) is 2.51. The van der Waals surface area contributed by atoms with Gasteiger partial charge in [0.05, 0.1) is 0 Å². The first-order valence-electron chi connectivity index (χ1n) is 5.41. The molecule has 0 unspecified atom stereocenters. The summed E-state index contributed by atoms with van der Waals surface area (Å²) in [7, 11) is 0. The highest BCUT2D eigenvalue weighted by molar-refractivity contribution is 5.80. The Balaban J connectivity index is 2.33. The number of hydrogen-bond acceptors (Lipinski definition) is 3.